The second-order valence-corrected chi connectivity index (χ2v) is 5.76. The normalized spacial score (nSPS) is 21.1. The van der Waals surface area contributed by atoms with E-state index < -0.39 is 0 Å². The lowest BCUT2D eigenvalue weighted by atomic mass is 10.2. The van der Waals surface area contributed by atoms with E-state index in [1.165, 1.54) is 12.8 Å². The predicted molar refractivity (Wildman–Crippen MR) is 71.0 cm³/mol. The van der Waals surface area contributed by atoms with Crippen molar-refractivity contribution in [1.82, 2.24) is 25.0 Å². The van der Waals surface area contributed by atoms with Crippen LogP contribution in [-0.2, 0) is 0 Å². The summed E-state index contributed by atoms with van der Waals surface area (Å²) >= 11 is 0. The Balaban J connectivity index is 1.60. The monoisotopic (exact) mass is 263 g/mol. The summed E-state index contributed by atoms with van der Waals surface area (Å²) in [5.41, 5.74) is 0. The highest BCUT2D eigenvalue weighted by atomic mass is 16.2. The number of piperazine rings is 1. The minimum atomic E-state index is -0.0430. The van der Waals surface area contributed by atoms with Crippen molar-refractivity contribution in [2.24, 2.45) is 0 Å². The van der Waals surface area contributed by atoms with E-state index in [2.05, 4.69) is 20.1 Å². The number of carbonyl (C=O) groups excluding carboxylic acids is 1. The van der Waals surface area contributed by atoms with Gasteiger partial charge in [-0.1, -0.05) is 13.8 Å². The van der Waals surface area contributed by atoms with E-state index in [0.717, 1.165) is 38.0 Å². The third kappa shape index (κ3) is 2.63. The van der Waals surface area contributed by atoms with Crippen LogP contribution < -0.4 is 0 Å². The van der Waals surface area contributed by atoms with Gasteiger partial charge in [-0.05, 0) is 12.8 Å². The van der Waals surface area contributed by atoms with E-state index in [1.807, 2.05) is 18.7 Å². The van der Waals surface area contributed by atoms with E-state index in [0.29, 0.717) is 5.82 Å². The second kappa shape index (κ2) is 4.92. The molecule has 1 saturated carbocycles. The first kappa shape index (κ1) is 12.6. The Morgan fingerprint density at radius 1 is 1.26 bits per heavy atom. The molecule has 1 aliphatic heterocycles. The van der Waals surface area contributed by atoms with Crippen molar-refractivity contribution >= 4 is 5.91 Å². The summed E-state index contributed by atoms with van der Waals surface area (Å²) in [5.74, 6) is 1.31. The van der Waals surface area contributed by atoms with Gasteiger partial charge in [0.25, 0.3) is 5.91 Å². The molecule has 0 atom stereocenters. The smallest absolute Gasteiger partial charge is 0.293 e. The highest BCUT2D eigenvalue weighted by Crippen LogP contribution is 2.27. The number of aromatic nitrogens is 3. The molecular formula is C13H21N5O. The van der Waals surface area contributed by atoms with Gasteiger partial charge in [-0.2, -0.15) is 0 Å². The largest absolute Gasteiger partial charge is 0.333 e. The number of rotatable bonds is 3. The lowest BCUT2D eigenvalue weighted by molar-refractivity contribution is 0.0615. The molecule has 0 spiro atoms. The number of hydrogen-bond donors (Lipinski definition) is 1. The molecule has 1 saturated heterocycles. The highest BCUT2D eigenvalue weighted by Gasteiger charge is 2.33. The third-order valence-corrected chi connectivity index (χ3v) is 3.91. The molecule has 0 radical (unpaired) electrons. The van der Waals surface area contributed by atoms with Crippen molar-refractivity contribution in [2.45, 2.75) is 38.6 Å². The molecule has 2 aliphatic rings. The first-order valence-electron chi connectivity index (χ1n) is 7.11. The van der Waals surface area contributed by atoms with Gasteiger partial charge in [0.05, 0.1) is 0 Å². The van der Waals surface area contributed by atoms with Gasteiger partial charge in [-0.3, -0.25) is 14.8 Å². The van der Waals surface area contributed by atoms with Gasteiger partial charge in [0.1, 0.15) is 5.82 Å². The first-order chi connectivity index (χ1) is 9.15. The Labute approximate surface area is 113 Å². The second-order valence-electron chi connectivity index (χ2n) is 5.76. The number of amides is 1. The summed E-state index contributed by atoms with van der Waals surface area (Å²) in [5, 5.41) is 6.88. The molecule has 2 fully saturated rings. The van der Waals surface area contributed by atoms with Gasteiger partial charge < -0.3 is 4.90 Å². The van der Waals surface area contributed by atoms with Crippen molar-refractivity contribution in [1.29, 1.82) is 0 Å². The molecule has 6 heteroatoms. The van der Waals surface area contributed by atoms with Crippen LogP contribution in [0.15, 0.2) is 0 Å². The maximum absolute atomic E-state index is 12.3. The van der Waals surface area contributed by atoms with Crippen LogP contribution in [0.5, 0.6) is 0 Å². The van der Waals surface area contributed by atoms with Crippen LogP contribution in [0.4, 0.5) is 0 Å². The molecule has 1 aromatic rings. The summed E-state index contributed by atoms with van der Waals surface area (Å²) in [6, 6.07) is 0.785. The fourth-order valence-electron chi connectivity index (χ4n) is 2.50. The molecule has 1 N–H and O–H groups in total. The third-order valence-electron chi connectivity index (χ3n) is 3.91. The fourth-order valence-corrected chi connectivity index (χ4v) is 2.50. The number of nitrogens with zero attached hydrogens (tertiary/aromatic N) is 4. The zero-order valence-corrected chi connectivity index (χ0v) is 11.6. The number of aromatic amines is 1. The van der Waals surface area contributed by atoms with Crippen molar-refractivity contribution in [2.75, 3.05) is 26.2 Å². The Morgan fingerprint density at radius 2 is 1.95 bits per heavy atom. The van der Waals surface area contributed by atoms with Crippen molar-refractivity contribution < 1.29 is 4.79 Å². The average Bonchev–Trinajstić information content (AvgIpc) is 3.14. The van der Waals surface area contributed by atoms with E-state index in [4.69, 9.17) is 0 Å². The molecule has 0 bridgehead atoms. The maximum atomic E-state index is 12.3. The molecule has 0 aromatic carbocycles. The van der Waals surface area contributed by atoms with Crippen molar-refractivity contribution in [3.63, 3.8) is 0 Å². The first-order valence-corrected chi connectivity index (χ1v) is 7.11. The van der Waals surface area contributed by atoms with Crippen LogP contribution in [0.2, 0.25) is 0 Å². The maximum Gasteiger partial charge on any atom is 0.293 e. The van der Waals surface area contributed by atoms with Crippen LogP contribution in [-0.4, -0.2) is 63.1 Å². The highest BCUT2D eigenvalue weighted by molar-refractivity contribution is 5.90. The summed E-state index contributed by atoms with van der Waals surface area (Å²) in [7, 11) is 0. The Morgan fingerprint density at radius 3 is 2.47 bits per heavy atom. The Bertz CT molecular complexity index is 457. The fraction of sp³-hybridized carbons (Fsp3) is 0.769. The molecule has 1 amide bonds. The van der Waals surface area contributed by atoms with Crippen LogP contribution in [0.1, 0.15) is 49.1 Å². The molecular weight excluding hydrogens is 242 g/mol. The Kier molecular flexibility index (Phi) is 3.26. The van der Waals surface area contributed by atoms with Gasteiger partial charge in [-0.15, -0.1) is 5.10 Å². The van der Waals surface area contributed by atoms with E-state index in [1.54, 1.807) is 0 Å². The van der Waals surface area contributed by atoms with Crippen LogP contribution in [0.3, 0.4) is 0 Å². The van der Waals surface area contributed by atoms with E-state index in [9.17, 15) is 4.79 Å². The molecule has 3 rings (SSSR count). The van der Waals surface area contributed by atoms with Gasteiger partial charge in [-0.25, -0.2) is 4.98 Å². The summed E-state index contributed by atoms with van der Waals surface area (Å²) in [6.07, 6.45) is 2.65. The topological polar surface area (TPSA) is 65.1 Å². The molecule has 19 heavy (non-hydrogen) atoms. The molecule has 2 heterocycles. The molecule has 0 unspecified atom stereocenters. The van der Waals surface area contributed by atoms with Gasteiger partial charge >= 0.3 is 0 Å². The lowest BCUT2D eigenvalue weighted by Gasteiger charge is -2.34. The SMILES string of the molecule is CC(C)c1nc(C(=O)N2CCN(C3CC3)CC2)n[nH]1. The summed E-state index contributed by atoms with van der Waals surface area (Å²) in [6.45, 7) is 7.61. The standard InChI is InChI=1S/C13H21N5O/c1-9(2)11-14-12(16-15-11)13(19)18-7-5-17(6-8-18)10-3-4-10/h9-10H,3-8H2,1-2H3,(H,14,15,16). The van der Waals surface area contributed by atoms with Gasteiger partial charge in [0.15, 0.2) is 0 Å². The van der Waals surface area contributed by atoms with Crippen LogP contribution >= 0.6 is 0 Å². The molecule has 6 nitrogen and oxygen atoms in total. The van der Waals surface area contributed by atoms with Gasteiger partial charge in [0.2, 0.25) is 5.82 Å². The zero-order valence-electron chi connectivity index (χ0n) is 11.6. The van der Waals surface area contributed by atoms with Crippen molar-refractivity contribution in [3.05, 3.63) is 11.6 Å². The number of nitrogens with one attached hydrogen (secondary N) is 1. The molecule has 104 valence electrons. The minimum Gasteiger partial charge on any atom is -0.333 e. The van der Waals surface area contributed by atoms with Crippen LogP contribution in [0.25, 0.3) is 0 Å². The lowest BCUT2D eigenvalue weighted by Crippen LogP contribution is -2.49. The number of hydrogen-bond acceptors (Lipinski definition) is 4. The molecule has 1 aromatic heterocycles. The Hall–Kier alpha value is -1.43. The number of H-pyrrole nitrogens is 1. The summed E-state index contributed by atoms with van der Waals surface area (Å²) < 4.78 is 0. The predicted octanol–water partition coefficient (Wildman–Crippen LogP) is 0.848. The number of carbonyl (C=O) groups is 1. The van der Waals surface area contributed by atoms with E-state index in [-0.39, 0.29) is 11.8 Å². The summed E-state index contributed by atoms with van der Waals surface area (Å²) in [4.78, 5) is 20.9. The van der Waals surface area contributed by atoms with Gasteiger partial charge in [0, 0.05) is 38.1 Å². The van der Waals surface area contributed by atoms with Crippen LogP contribution in [0, 0.1) is 0 Å². The van der Waals surface area contributed by atoms with E-state index >= 15 is 0 Å². The van der Waals surface area contributed by atoms with Crippen molar-refractivity contribution in [3.8, 4) is 0 Å². The average molecular weight is 263 g/mol. The zero-order chi connectivity index (χ0) is 13.4. The quantitative estimate of drug-likeness (QED) is 0.878. The molecule has 1 aliphatic carbocycles. The minimum absolute atomic E-state index is 0.0430.